The summed E-state index contributed by atoms with van der Waals surface area (Å²) >= 11 is 0. The Bertz CT molecular complexity index is 1440. The summed E-state index contributed by atoms with van der Waals surface area (Å²) < 4.78 is 9.01. The predicted molar refractivity (Wildman–Crippen MR) is 124 cm³/mol. The third-order valence-corrected chi connectivity index (χ3v) is 5.71. The first-order valence-electron chi connectivity index (χ1n) is 10.9. The van der Waals surface area contributed by atoms with Gasteiger partial charge in [-0.25, -0.2) is 9.67 Å². The minimum Gasteiger partial charge on any atom is -0.378 e. The van der Waals surface area contributed by atoms with Crippen molar-refractivity contribution in [2.24, 2.45) is 7.05 Å². The van der Waals surface area contributed by atoms with E-state index in [1.165, 1.54) is 5.56 Å². The number of benzene rings is 1. The van der Waals surface area contributed by atoms with Crippen molar-refractivity contribution in [3.63, 3.8) is 0 Å². The Balaban J connectivity index is 1.47. The lowest BCUT2D eigenvalue weighted by atomic mass is 10.1. The Hall–Kier alpha value is -4.05. The number of imidazole rings is 1. The summed E-state index contributed by atoms with van der Waals surface area (Å²) in [6.45, 7) is 4.87. The smallest absolute Gasteiger partial charge is 0.254 e. The van der Waals surface area contributed by atoms with E-state index in [4.69, 9.17) is 24.8 Å². The van der Waals surface area contributed by atoms with Crippen LogP contribution in [-0.4, -0.2) is 65.8 Å². The highest BCUT2D eigenvalue weighted by Gasteiger charge is 2.22. The van der Waals surface area contributed by atoms with Gasteiger partial charge in [0.2, 0.25) is 0 Å². The fraction of sp³-hybridized carbons (Fsp3) is 0.261. The molecular formula is C23H23N9O. The first kappa shape index (κ1) is 19.6. The molecule has 5 heterocycles. The number of aryl methyl sites for hydroxylation is 2. The number of ether oxygens (including phenoxy) is 1. The minimum absolute atomic E-state index is 0.490. The molecule has 1 aromatic carbocycles. The highest BCUT2D eigenvalue weighted by atomic mass is 16.5. The number of morpholine rings is 1. The molecule has 4 aromatic heterocycles. The lowest BCUT2D eigenvalue weighted by molar-refractivity contribution is 0.122. The van der Waals surface area contributed by atoms with Crippen LogP contribution in [0.5, 0.6) is 0 Å². The zero-order chi connectivity index (χ0) is 22.4. The maximum atomic E-state index is 5.55. The highest BCUT2D eigenvalue weighted by molar-refractivity contribution is 5.86. The topological polar surface area (TPSA) is 103 Å². The van der Waals surface area contributed by atoms with Crippen molar-refractivity contribution in [2.75, 3.05) is 31.2 Å². The molecule has 0 spiro atoms. The van der Waals surface area contributed by atoms with Crippen molar-refractivity contribution in [1.82, 2.24) is 39.5 Å². The molecule has 0 radical (unpaired) electrons. The van der Waals surface area contributed by atoms with Gasteiger partial charge in [0.15, 0.2) is 17.0 Å². The van der Waals surface area contributed by atoms with Crippen LogP contribution < -0.4 is 4.90 Å². The van der Waals surface area contributed by atoms with Crippen LogP contribution >= 0.6 is 0 Å². The van der Waals surface area contributed by atoms with Crippen molar-refractivity contribution in [2.45, 2.75) is 6.92 Å². The first-order valence-corrected chi connectivity index (χ1v) is 10.9. The molecule has 5 aromatic rings. The van der Waals surface area contributed by atoms with E-state index in [1.807, 2.05) is 31.6 Å². The minimum atomic E-state index is 0.490. The van der Waals surface area contributed by atoms with Gasteiger partial charge >= 0.3 is 0 Å². The molecule has 0 atom stereocenters. The number of rotatable bonds is 4. The number of anilines is 1. The molecule has 0 unspecified atom stereocenters. The van der Waals surface area contributed by atoms with Gasteiger partial charge in [0, 0.05) is 38.1 Å². The van der Waals surface area contributed by atoms with Crippen molar-refractivity contribution < 1.29 is 4.74 Å². The summed E-state index contributed by atoms with van der Waals surface area (Å²) in [4.78, 5) is 20.0. The molecule has 1 aliphatic heterocycles. The van der Waals surface area contributed by atoms with E-state index in [0.29, 0.717) is 30.6 Å². The largest absolute Gasteiger partial charge is 0.378 e. The number of hydrogen-bond donors (Lipinski definition) is 1. The first-order chi connectivity index (χ1) is 16.1. The number of aromatic amines is 1. The normalized spacial score (nSPS) is 14.3. The number of H-pyrrole nitrogens is 1. The number of hydrogen-bond acceptors (Lipinski definition) is 7. The third kappa shape index (κ3) is 3.64. The molecule has 0 saturated carbocycles. The van der Waals surface area contributed by atoms with Crippen molar-refractivity contribution in [3.8, 4) is 28.6 Å². The van der Waals surface area contributed by atoms with Crippen LogP contribution in [0.2, 0.25) is 0 Å². The molecule has 1 N–H and O–H groups in total. The monoisotopic (exact) mass is 441 g/mol. The Labute approximate surface area is 189 Å². The molecule has 0 aliphatic carbocycles. The van der Waals surface area contributed by atoms with E-state index in [9.17, 15) is 0 Å². The molecular weight excluding hydrogens is 418 g/mol. The van der Waals surface area contributed by atoms with Gasteiger partial charge in [-0.1, -0.05) is 23.8 Å². The fourth-order valence-electron chi connectivity index (χ4n) is 4.05. The Morgan fingerprint density at radius 2 is 1.91 bits per heavy atom. The Kier molecular flexibility index (Phi) is 4.65. The standard InChI is InChI=1S/C23H23N9O/c1-15-4-3-5-16(12-15)18-6-7-32(29-18)23-27-21-19(22(28-23)31-8-10-33-11-9-31)25-20(26-21)17-13-24-30(2)14-17/h3-7,12-14H,8-11H2,1-2H3,(H,25,26,27,28). The molecule has 0 amide bonds. The quantitative estimate of drug-likeness (QED) is 0.457. The third-order valence-electron chi connectivity index (χ3n) is 5.71. The number of fused-ring (bicyclic) bond motifs is 1. The molecule has 33 heavy (non-hydrogen) atoms. The van der Waals surface area contributed by atoms with Crippen molar-refractivity contribution in [3.05, 3.63) is 54.5 Å². The molecule has 1 fully saturated rings. The van der Waals surface area contributed by atoms with Gasteiger partial charge in [-0.2, -0.15) is 20.2 Å². The van der Waals surface area contributed by atoms with Gasteiger partial charge in [0.1, 0.15) is 5.82 Å². The summed E-state index contributed by atoms with van der Waals surface area (Å²) in [7, 11) is 1.88. The van der Waals surface area contributed by atoms with E-state index >= 15 is 0 Å². The lowest BCUT2D eigenvalue weighted by Crippen LogP contribution is -2.37. The second-order valence-electron chi connectivity index (χ2n) is 8.15. The van der Waals surface area contributed by atoms with Gasteiger partial charge in [0.05, 0.1) is 30.7 Å². The SMILES string of the molecule is Cc1cccc(-c2ccn(-c3nc(N4CCOCC4)c4nc(-c5cnn(C)c5)[nH]c4n3)n2)c1. The number of nitrogens with zero attached hydrogens (tertiary/aromatic N) is 8. The molecule has 6 rings (SSSR count). The predicted octanol–water partition coefficient (Wildman–Crippen LogP) is 2.75. The van der Waals surface area contributed by atoms with E-state index in [2.05, 4.69) is 40.1 Å². The molecule has 1 saturated heterocycles. The second-order valence-corrected chi connectivity index (χ2v) is 8.15. The van der Waals surface area contributed by atoms with Crippen LogP contribution in [0.4, 0.5) is 5.82 Å². The zero-order valence-corrected chi connectivity index (χ0v) is 18.4. The zero-order valence-electron chi connectivity index (χ0n) is 18.4. The van der Waals surface area contributed by atoms with Crippen LogP contribution in [0.1, 0.15) is 5.56 Å². The average molecular weight is 441 g/mol. The lowest BCUT2D eigenvalue weighted by Gasteiger charge is -2.27. The number of nitrogens with one attached hydrogen (secondary N) is 1. The Morgan fingerprint density at radius 3 is 2.70 bits per heavy atom. The van der Waals surface area contributed by atoms with Gasteiger partial charge in [-0.15, -0.1) is 0 Å². The number of aromatic nitrogens is 8. The molecule has 166 valence electrons. The van der Waals surface area contributed by atoms with Crippen molar-refractivity contribution in [1.29, 1.82) is 0 Å². The highest BCUT2D eigenvalue weighted by Crippen LogP contribution is 2.28. The van der Waals surface area contributed by atoms with E-state index in [0.717, 1.165) is 41.2 Å². The molecule has 10 heteroatoms. The van der Waals surface area contributed by atoms with Crippen molar-refractivity contribution >= 4 is 17.0 Å². The maximum absolute atomic E-state index is 5.55. The van der Waals surface area contributed by atoms with E-state index < -0.39 is 0 Å². The summed E-state index contributed by atoms with van der Waals surface area (Å²) in [5, 5.41) is 9.01. The average Bonchev–Trinajstić information content (AvgIpc) is 3.58. The van der Waals surface area contributed by atoms with Gasteiger partial charge in [-0.05, 0) is 19.1 Å². The van der Waals surface area contributed by atoms with Crippen LogP contribution in [0, 0.1) is 6.92 Å². The van der Waals surface area contributed by atoms with Crippen LogP contribution in [-0.2, 0) is 11.8 Å². The summed E-state index contributed by atoms with van der Waals surface area (Å²) in [5.41, 5.74) is 5.40. The summed E-state index contributed by atoms with van der Waals surface area (Å²) in [5.74, 6) is 1.97. The molecule has 0 bridgehead atoms. The fourth-order valence-corrected chi connectivity index (χ4v) is 4.05. The Morgan fingerprint density at radius 1 is 1.03 bits per heavy atom. The van der Waals surface area contributed by atoms with Gasteiger partial charge < -0.3 is 14.6 Å². The van der Waals surface area contributed by atoms with Gasteiger partial charge in [-0.3, -0.25) is 4.68 Å². The van der Waals surface area contributed by atoms with E-state index in [-0.39, 0.29) is 0 Å². The van der Waals surface area contributed by atoms with Gasteiger partial charge in [0.25, 0.3) is 5.95 Å². The van der Waals surface area contributed by atoms with Crippen LogP contribution in [0.3, 0.4) is 0 Å². The van der Waals surface area contributed by atoms with Crippen LogP contribution in [0.15, 0.2) is 48.9 Å². The summed E-state index contributed by atoms with van der Waals surface area (Å²) in [6.07, 6.45) is 5.59. The maximum Gasteiger partial charge on any atom is 0.254 e. The molecule has 1 aliphatic rings. The molecule has 10 nitrogen and oxygen atoms in total. The van der Waals surface area contributed by atoms with Crippen LogP contribution in [0.25, 0.3) is 39.8 Å². The summed E-state index contributed by atoms with van der Waals surface area (Å²) in [6, 6.07) is 10.3. The van der Waals surface area contributed by atoms with E-state index in [1.54, 1.807) is 15.6 Å². The second kappa shape index (κ2) is 7.82.